The Labute approximate surface area is 202 Å². The second-order valence-electron chi connectivity index (χ2n) is 8.17. The van der Waals surface area contributed by atoms with Gasteiger partial charge in [0.15, 0.2) is 5.69 Å². The SMILES string of the molecule is CCOC(=O)c1nn(-c2ccccc2)c(-c2ccccc2)c1C1=Nc2cccc3cccc(c23)N1. The average Bonchev–Trinajstić information content (AvgIpc) is 3.31. The highest BCUT2D eigenvalue weighted by Gasteiger charge is 2.31. The first kappa shape index (κ1) is 20.9. The summed E-state index contributed by atoms with van der Waals surface area (Å²) < 4.78 is 7.22. The molecule has 35 heavy (non-hydrogen) atoms. The lowest BCUT2D eigenvalue weighted by molar-refractivity contribution is 0.0518. The first-order valence-corrected chi connectivity index (χ1v) is 11.5. The topological polar surface area (TPSA) is 68.5 Å². The lowest BCUT2D eigenvalue weighted by atomic mass is 10.0. The molecule has 0 aliphatic carbocycles. The third-order valence-electron chi connectivity index (χ3n) is 6.01. The zero-order chi connectivity index (χ0) is 23.8. The highest BCUT2D eigenvalue weighted by atomic mass is 16.5. The van der Waals surface area contributed by atoms with Gasteiger partial charge in [-0.25, -0.2) is 14.5 Å². The Morgan fingerprint density at radius 3 is 2.34 bits per heavy atom. The maximum atomic E-state index is 13.2. The van der Waals surface area contributed by atoms with E-state index in [0.717, 1.165) is 39.1 Å². The maximum absolute atomic E-state index is 13.2. The van der Waals surface area contributed by atoms with Crippen molar-refractivity contribution in [1.29, 1.82) is 0 Å². The van der Waals surface area contributed by atoms with Gasteiger partial charge in [-0.1, -0.05) is 72.8 Å². The molecule has 5 aromatic rings. The molecular formula is C29H22N4O2. The fraction of sp³-hybridized carbons (Fsp3) is 0.0690. The Morgan fingerprint density at radius 2 is 1.60 bits per heavy atom. The smallest absolute Gasteiger partial charge is 0.359 e. The molecule has 170 valence electrons. The van der Waals surface area contributed by atoms with Gasteiger partial charge < -0.3 is 10.1 Å². The Morgan fingerprint density at radius 1 is 0.886 bits per heavy atom. The maximum Gasteiger partial charge on any atom is 0.359 e. The Balaban J connectivity index is 1.66. The van der Waals surface area contributed by atoms with Gasteiger partial charge in [-0.3, -0.25) is 0 Å². The van der Waals surface area contributed by atoms with Crippen molar-refractivity contribution in [3.05, 3.63) is 108 Å². The largest absolute Gasteiger partial charge is 0.461 e. The summed E-state index contributed by atoms with van der Waals surface area (Å²) in [6, 6.07) is 31.8. The molecule has 2 heterocycles. The second-order valence-corrected chi connectivity index (χ2v) is 8.17. The molecule has 0 fully saturated rings. The number of carbonyl (C=O) groups excluding carboxylic acids is 1. The molecule has 0 atom stereocenters. The molecule has 4 aromatic carbocycles. The lowest BCUT2D eigenvalue weighted by Gasteiger charge is -2.20. The number of hydrogen-bond donors (Lipinski definition) is 1. The number of carbonyl (C=O) groups is 1. The lowest BCUT2D eigenvalue weighted by Crippen LogP contribution is -2.20. The van der Waals surface area contributed by atoms with Crippen LogP contribution < -0.4 is 5.32 Å². The van der Waals surface area contributed by atoms with E-state index in [-0.39, 0.29) is 12.3 Å². The first-order chi connectivity index (χ1) is 17.2. The number of nitrogens with one attached hydrogen (secondary N) is 1. The summed E-state index contributed by atoms with van der Waals surface area (Å²) in [5.41, 5.74) is 5.10. The number of aromatic nitrogens is 2. The van der Waals surface area contributed by atoms with Gasteiger partial charge in [-0.05, 0) is 36.6 Å². The van der Waals surface area contributed by atoms with Gasteiger partial charge in [-0.15, -0.1) is 0 Å². The standard InChI is InChI=1S/C29H22N4O2/c1-2-35-29(34)26-25(28-30-22-17-9-13-19-14-10-18-23(31-28)24(19)22)27(20-11-5-3-6-12-20)33(32-26)21-15-7-4-8-16-21/h3-18H,2H2,1H3,(H,30,31). The van der Waals surface area contributed by atoms with Crippen molar-refractivity contribution in [2.75, 3.05) is 11.9 Å². The van der Waals surface area contributed by atoms with Crippen molar-refractivity contribution in [2.24, 2.45) is 4.99 Å². The van der Waals surface area contributed by atoms with Crippen LogP contribution in [0.5, 0.6) is 0 Å². The van der Waals surface area contributed by atoms with Gasteiger partial charge in [0.25, 0.3) is 0 Å². The van der Waals surface area contributed by atoms with E-state index in [1.807, 2.05) is 84.9 Å². The Kier molecular flexibility index (Phi) is 5.11. The van der Waals surface area contributed by atoms with Crippen LogP contribution in [-0.4, -0.2) is 28.2 Å². The summed E-state index contributed by atoms with van der Waals surface area (Å²) in [4.78, 5) is 18.2. The van der Waals surface area contributed by atoms with Gasteiger partial charge in [-0.2, -0.15) is 5.10 Å². The van der Waals surface area contributed by atoms with Crippen molar-refractivity contribution < 1.29 is 9.53 Å². The minimum absolute atomic E-state index is 0.215. The van der Waals surface area contributed by atoms with Gasteiger partial charge in [0, 0.05) is 16.6 Å². The zero-order valence-electron chi connectivity index (χ0n) is 19.1. The van der Waals surface area contributed by atoms with Gasteiger partial charge in [0.2, 0.25) is 0 Å². The molecule has 0 saturated carbocycles. The minimum Gasteiger partial charge on any atom is -0.461 e. The number of rotatable bonds is 5. The average molecular weight is 459 g/mol. The normalized spacial score (nSPS) is 12.2. The first-order valence-electron chi connectivity index (χ1n) is 11.5. The number of aliphatic imine (C=N–C) groups is 1. The van der Waals surface area contributed by atoms with E-state index < -0.39 is 5.97 Å². The second kappa shape index (κ2) is 8.57. The van der Waals surface area contributed by atoms with E-state index in [4.69, 9.17) is 14.8 Å². The van der Waals surface area contributed by atoms with E-state index in [2.05, 4.69) is 17.4 Å². The number of hydrogen-bond acceptors (Lipinski definition) is 5. The summed E-state index contributed by atoms with van der Waals surface area (Å²) in [6.07, 6.45) is 0. The molecule has 6 rings (SSSR count). The van der Waals surface area contributed by atoms with Crippen LogP contribution in [-0.2, 0) is 4.74 Å². The van der Waals surface area contributed by atoms with Crippen molar-refractivity contribution in [2.45, 2.75) is 6.92 Å². The number of para-hydroxylation sites is 1. The molecule has 1 aliphatic heterocycles. The fourth-order valence-corrected chi connectivity index (χ4v) is 4.52. The summed E-state index contributed by atoms with van der Waals surface area (Å²) in [6.45, 7) is 2.04. The van der Waals surface area contributed by atoms with Crippen LogP contribution in [0.3, 0.4) is 0 Å². The van der Waals surface area contributed by atoms with E-state index in [0.29, 0.717) is 11.4 Å². The van der Waals surface area contributed by atoms with Gasteiger partial charge >= 0.3 is 5.97 Å². The van der Waals surface area contributed by atoms with Crippen LogP contribution >= 0.6 is 0 Å². The zero-order valence-corrected chi connectivity index (χ0v) is 19.1. The number of benzene rings is 4. The summed E-state index contributed by atoms with van der Waals surface area (Å²) in [5, 5.41) is 10.4. The van der Waals surface area contributed by atoms with Crippen LogP contribution in [0.25, 0.3) is 27.7 Å². The van der Waals surface area contributed by atoms with E-state index in [9.17, 15) is 4.79 Å². The van der Waals surface area contributed by atoms with E-state index in [1.165, 1.54) is 0 Å². The van der Waals surface area contributed by atoms with Gasteiger partial charge in [0.1, 0.15) is 5.84 Å². The molecule has 6 heteroatoms. The van der Waals surface area contributed by atoms with Crippen LogP contribution in [0.2, 0.25) is 0 Å². The number of ether oxygens (including phenoxy) is 1. The third kappa shape index (κ3) is 3.56. The minimum atomic E-state index is -0.490. The highest BCUT2D eigenvalue weighted by Crippen LogP contribution is 2.39. The van der Waals surface area contributed by atoms with E-state index in [1.54, 1.807) is 11.6 Å². The number of amidine groups is 1. The molecule has 1 N–H and O–H groups in total. The number of anilines is 1. The Bertz CT molecular complexity index is 1580. The molecular weight excluding hydrogens is 436 g/mol. The van der Waals surface area contributed by atoms with E-state index >= 15 is 0 Å². The number of nitrogens with zero attached hydrogens (tertiary/aromatic N) is 3. The summed E-state index contributed by atoms with van der Waals surface area (Å²) in [7, 11) is 0. The van der Waals surface area contributed by atoms with Crippen LogP contribution in [0.1, 0.15) is 23.0 Å². The molecule has 0 amide bonds. The third-order valence-corrected chi connectivity index (χ3v) is 6.01. The fourth-order valence-electron chi connectivity index (χ4n) is 4.52. The van der Waals surface area contributed by atoms with Gasteiger partial charge in [0.05, 0.1) is 29.2 Å². The summed E-state index contributed by atoms with van der Waals surface area (Å²) in [5.74, 6) is 0.0659. The molecule has 1 aromatic heterocycles. The Hall–Kier alpha value is -4.71. The highest BCUT2D eigenvalue weighted by molar-refractivity contribution is 6.23. The number of esters is 1. The van der Waals surface area contributed by atoms with Crippen LogP contribution in [0.4, 0.5) is 11.4 Å². The molecule has 0 saturated heterocycles. The van der Waals surface area contributed by atoms with Crippen molar-refractivity contribution in [1.82, 2.24) is 9.78 Å². The molecule has 0 radical (unpaired) electrons. The molecule has 6 nitrogen and oxygen atoms in total. The van der Waals surface area contributed by atoms with Crippen LogP contribution in [0, 0.1) is 0 Å². The predicted octanol–water partition coefficient (Wildman–Crippen LogP) is 6.37. The van der Waals surface area contributed by atoms with Crippen molar-refractivity contribution >= 4 is 34.0 Å². The molecule has 0 spiro atoms. The molecule has 1 aliphatic rings. The molecule has 0 unspecified atom stereocenters. The summed E-state index contributed by atoms with van der Waals surface area (Å²) >= 11 is 0. The molecule has 0 bridgehead atoms. The predicted molar refractivity (Wildman–Crippen MR) is 139 cm³/mol. The monoisotopic (exact) mass is 458 g/mol. The van der Waals surface area contributed by atoms with Crippen molar-refractivity contribution in [3.63, 3.8) is 0 Å². The quantitative estimate of drug-likeness (QED) is 0.311. The van der Waals surface area contributed by atoms with Crippen LogP contribution in [0.15, 0.2) is 102 Å². The van der Waals surface area contributed by atoms with Crippen molar-refractivity contribution in [3.8, 4) is 16.9 Å².